The molecule has 0 aliphatic rings. The van der Waals surface area contributed by atoms with Gasteiger partial charge >= 0.3 is 11.7 Å². The number of carbonyl (C=O) groups excluding carboxylic acids is 1. The second kappa shape index (κ2) is 6.19. The molecular formula is C10H12N2O4S. The molecule has 0 amide bonds. The molecule has 1 atom stereocenters. The van der Waals surface area contributed by atoms with Crippen LogP contribution in [0.15, 0.2) is 23.4 Å². The molecule has 17 heavy (non-hydrogen) atoms. The van der Waals surface area contributed by atoms with Gasteiger partial charge in [0.2, 0.25) is 0 Å². The van der Waals surface area contributed by atoms with E-state index in [4.69, 9.17) is 0 Å². The molecule has 1 rings (SSSR count). The van der Waals surface area contributed by atoms with Crippen molar-refractivity contribution in [3.8, 4) is 0 Å². The Morgan fingerprint density at radius 2 is 2.41 bits per heavy atom. The lowest BCUT2D eigenvalue weighted by Crippen LogP contribution is -2.09. The minimum Gasteiger partial charge on any atom is -0.469 e. The van der Waals surface area contributed by atoms with E-state index in [2.05, 4.69) is 9.72 Å². The number of hydrogen-bond acceptors (Lipinski definition) is 6. The van der Waals surface area contributed by atoms with Crippen molar-refractivity contribution in [2.75, 3.05) is 7.11 Å². The third kappa shape index (κ3) is 4.03. The van der Waals surface area contributed by atoms with Gasteiger partial charge in [0.25, 0.3) is 0 Å². The number of pyridine rings is 1. The molecule has 0 N–H and O–H groups in total. The van der Waals surface area contributed by atoms with Crippen molar-refractivity contribution in [1.82, 2.24) is 4.98 Å². The molecule has 0 fully saturated rings. The van der Waals surface area contributed by atoms with E-state index in [1.807, 2.05) is 0 Å². The summed E-state index contributed by atoms with van der Waals surface area (Å²) in [7, 11) is 1.31. The molecule has 0 aromatic carbocycles. The summed E-state index contributed by atoms with van der Waals surface area (Å²) >= 11 is 1.19. The minimum absolute atomic E-state index is 0.0470. The van der Waals surface area contributed by atoms with E-state index in [-0.39, 0.29) is 23.3 Å². The van der Waals surface area contributed by atoms with Crippen LogP contribution in [0.25, 0.3) is 0 Å². The van der Waals surface area contributed by atoms with Crippen molar-refractivity contribution < 1.29 is 14.5 Å². The first-order valence-corrected chi connectivity index (χ1v) is 5.75. The van der Waals surface area contributed by atoms with Crippen molar-refractivity contribution in [3.63, 3.8) is 0 Å². The third-order valence-electron chi connectivity index (χ3n) is 1.94. The first-order chi connectivity index (χ1) is 8.04. The lowest BCUT2D eigenvalue weighted by Gasteiger charge is -2.08. The molecule has 6 nitrogen and oxygen atoms in total. The lowest BCUT2D eigenvalue weighted by atomic mass is 10.3. The van der Waals surface area contributed by atoms with Gasteiger partial charge in [-0.05, 0) is 6.07 Å². The van der Waals surface area contributed by atoms with E-state index in [1.54, 1.807) is 6.92 Å². The number of nitrogens with zero attached hydrogens (tertiary/aromatic N) is 2. The zero-order chi connectivity index (χ0) is 12.8. The Labute approximate surface area is 103 Å². The van der Waals surface area contributed by atoms with Crippen molar-refractivity contribution in [1.29, 1.82) is 0 Å². The maximum absolute atomic E-state index is 11.0. The van der Waals surface area contributed by atoms with E-state index >= 15 is 0 Å². The molecule has 1 aromatic heterocycles. The fourth-order valence-corrected chi connectivity index (χ4v) is 2.15. The van der Waals surface area contributed by atoms with Gasteiger partial charge < -0.3 is 4.74 Å². The van der Waals surface area contributed by atoms with Gasteiger partial charge in [0.05, 0.1) is 18.5 Å². The minimum atomic E-state index is -0.486. The summed E-state index contributed by atoms with van der Waals surface area (Å²) in [5, 5.41) is 10.9. The monoisotopic (exact) mass is 256 g/mol. The molecule has 1 aromatic rings. The molecule has 0 radical (unpaired) electrons. The number of hydrogen-bond donors (Lipinski definition) is 0. The molecule has 0 spiro atoms. The van der Waals surface area contributed by atoms with Gasteiger partial charge in [-0.15, -0.1) is 0 Å². The Bertz CT molecular complexity index is 425. The van der Waals surface area contributed by atoms with E-state index in [9.17, 15) is 14.9 Å². The Hall–Kier alpha value is -1.63. The quantitative estimate of drug-likeness (QED) is 0.347. The molecule has 7 heteroatoms. The summed E-state index contributed by atoms with van der Waals surface area (Å²) in [5.74, 6) is -0.344. The molecule has 0 saturated heterocycles. The second-order valence-electron chi connectivity index (χ2n) is 3.29. The molecule has 0 aliphatic carbocycles. The largest absolute Gasteiger partial charge is 0.469 e. The normalized spacial score (nSPS) is 11.9. The van der Waals surface area contributed by atoms with Crippen molar-refractivity contribution >= 4 is 23.4 Å². The molecule has 0 bridgehead atoms. The van der Waals surface area contributed by atoms with Gasteiger partial charge in [-0.25, -0.2) is 4.98 Å². The first-order valence-electron chi connectivity index (χ1n) is 4.87. The predicted octanol–water partition coefficient (Wildman–Crippen LogP) is 2.03. The third-order valence-corrected chi connectivity index (χ3v) is 3.05. The van der Waals surface area contributed by atoms with Crippen LogP contribution in [0.4, 0.5) is 5.69 Å². The highest BCUT2D eigenvalue weighted by Gasteiger charge is 2.19. The van der Waals surface area contributed by atoms with Gasteiger partial charge in [0, 0.05) is 17.5 Å². The number of aromatic nitrogens is 1. The van der Waals surface area contributed by atoms with Gasteiger partial charge in [-0.1, -0.05) is 18.7 Å². The molecular weight excluding hydrogens is 244 g/mol. The Balaban J connectivity index is 2.74. The number of methoxy groups -OCH3 is 1. The predicted molar refractivity (Wildman–Crippen MR) is 62.8 cm³/mol. The van der Waals surface area contributed by atoms with Gasteiger partial charge in [0.1, 0.15) is 0 Å². The number of thioether (sulfide) groups is 1. The van der Waals surface area contributed by atoms with Crippen LogP contribution in [0, 0.1) is 10.1 Å². The molecule has 92 valence electrons. The van der Waals surface area contributed by atoms with Crippen LogP contribution in [-0.2, 0) is 9.53 Å². The maximum Gasteiger partial charge on any atom is 0.306 e. The van der Waals surface area contributed by atoms with Crippen LogP contribution in [-0.4, -0.2) is 28.2 Å². The highest BCUT2D eigenvalue weighted by atomic mass is 32.2. The lowest BCUT2D eigenvalue weighted by molar-refractivity contribution is -0.388. The van der Waals surface area contributed by atoms with Crippen molar-refractivity contribution in [3.05, 3.63) is 28.4 Å². The second-order valence-corrected chi connectivity index (χ2v) is 4.72. The molecule has 1 unspecified atom stereocenters. The summed E-state index contributed by atoms with van der Waals surface area (Å²) in [6, 6.07) is 2.90. The summed E-state index contributed by atoms with van der Waals surface area (Å²) in [6.45, 7) is 1.79. The molecule has 0 aliphatic heterocycles. The number of ether oxygens (including phenoxy) is 1. The molecule has 1 heterocycles. The zero-order valence-electron chi connectivity index (χ0n) is 9.45. The fraction of sp³-hybridized carbons (Fsp3) is 0.400. The van der Waals surface area contributed by atoms with Crippen molar-refractivity contribution in [2.45, 2.75) is 23.6 Å². The average Bonchev–Trinajstić information content (AvgIpc) is 2.29. The summed E-state index contributed by atoms with van der Waals surface area (Å²) in [4.78, 5) is 25.2. The Morgan fingerprint density at radius 1 is 1.71 bits per heavy atom. The van der Waals surface area contributed by atoms with Gasteiger partial charge in [-0.2, -0.15) is 0 Å². The van der Waals surface area contributed by atoms with Crippen LogP contribution in [0.1, 0.15) is 13.3 Å². The first kappa shape index (κ1) is 13.4. The number of carbonyl (C=O) groups is 1. The van der Waals surface area contributed by atoms with E-state index in [0.717, 1.165) is 0 Å². The van der Waals surface area contributed by atoms with Crippen LogP contribution in [0.5, 0.6) is 0 Å². The number of rotatable bonds is 5. The van der Waals surface area contributed by atoms with E-state index in [1.165, 1.54) is 37.2 Å². The fourth-order valence-electron chi connectivity index (χ4n) is 1.16. The van der Waals surface area contributed by atoms with Crippen molar-refractivity contribution in [2.24, 2.45) is 0 Å². The van der Waals surface area contributed by atoms with Gasteiger partial charge in [-0.3, -0.25) is 14.9 Å². The standard InChI is InChI=1S/C10H12N2O4S/c1-7(6-9(13)16-2)17-10-8(12(14)15)4-3-5-11-10/h3-5,7H,6H2,1-2H3. The SMILES string of the molecule is COC(=O)CC(C)Sc1ncccc1[N+](=O)[O-]. The van der Waals surface area contributed by atoms with Crippen LogP contribution < -0.4 is 0 Å². The summed E-state index contributed by atoms with van der Waals surface area (Å²) in [6.07, 6.45) is 1.68. The highest BCUT2D eigenvalue weighted by molar-refractivity contribution is 8.00. The van der Waals surface area contributed by atoms with Gasteiger partial charge in [0.15, 0.2) is 5.03 Å². The Morgan fingerprint density at radius 3 is 3.00 bits per heavy atom. The number of nitro groups is 1. The number of esters is 1. The van der Waals surface area contributed by atoms with Crippen LogP contribution >= 0.6 is 11.8 Å². The van der Waals surface area contributed by atoms with E-state index in [0.29, 0.717) is 5.03 Å². The highest BCUT2D eigenvalue weighted by Crippen LogP contribution is 2.30. The molecule has 0 saturated carbocycles. The Kier molecular flexibility index (Phi) is 4.89. The van der Waals surface area contributed by atoms with E-state index < -0.39 is 4.92 Å². The maximum atomic E-state index is 11.0. The average molecular weight is 256 g/mol. The zero-order valence-corrected chi connectivity index (χ0v) is 10.3. The summed E-state index contributed by atoms with van der Waals surface area (Å²) < 4.78 is 4.53. The van der Waals surface area contributed by atoms with Crippen LogP contribution in [0.3, 0.4) is 0 Å². The topological polar surface area (TPSA) is 82.3 Å². The van der Waals surface area contributed by atoms with Crippen LogP contribution in [0.2, 0.25) is 0 Å². The smallest absolute Gasteiger partial charge is 0.306 e. The summed E-state index contributed by atoms with van der Waals surface area (Å²) in [5.41, 5.74) is -0.0470.